The Morgan fingerprint density at radius 2 is 2.38 bits per heavy atom. The van der Waals surface area contributed by atoms with E-state index in [4.69, 9.17) is 4.52 Å². The second kappa shape index (κ2) is 4.30. The summed E-state index contributed by atoms with van der Waals surface area (Å²) in [5.41, 5.74) is 0.690. The highest BCUT2D eigenvalue weighted by Crippen LogP contribution is 2.06. The first kappa shape index (κ1) is 10.6. The molecule has 2 aromatic rings. The number of carbonyl (C=O) groups excluding carboxylic acids is 1. The Labute approximate surface area is 93.1 Å². The monoisotopic (exact) mass is 219 g/mol. The number of aryl methyl sites for hydroxylation is 1. The van der Waals surface area contributed by atoms with Crippen LogP contribution in [0.15, 0.2) is 23.0 Å². The highest BCUT2D eigenvalue weighted by atomic mass is 16.5. The summed E-state index contributed by atoms with van der Waals surface area (Å²) in [6.45, 7) is 4.01. The molecule has 0 aliphatic carbocycles. The van der Waals surface area contributed by atoms with Crippen LogP contribution in [-0.2, 0) is 13.0 Å². The first-order chi connectivity index (χ1) is 7.69. The molecule has 0 spiro atoms. The van der Waals surface area contributed by atoms with E-state index < -0.39 is 0 Å². The molecule has 0 aliphatic heterocycles. The van der Waals surface area contributed by atoms with Crippen LogP contribution < -0.4 is 0 Å². The zero-order chi connectivity index (χ0) is 11.5. The fourth-order valence-electron chi connectivity index (χ4n) is 1.40. The Hall–Kier alpha value is -1.91. The fourth-order valence-corrected chi connectivity index (χ4v) is 1.40. The standard InChI is InChI=1S/C11H13N3O2/c1-3-10-12-11(16-13-10)7-14-5-4-9(6-14)8(2)15/h4-6H,3,7H2,1-2H3. The molecule has 5 nitrogen and oxygen atoms in total. The summed E-state index contributed by atoms with van der Waals surface area (Å²) in [4.78, 5) is 15.3. The van der Waals surface area contributed by atoms with E-state index in [9.17, 15) is 4.79 Å². The lowest BCUT2D eigenvalue weighted by Crippen LogP contribution is -1.97. The van der Waals surface area contributed by atoms with Crippen LogP contribution in [-0.4, -0.2) is 20.5 Å². The van der Waals surface area contributed by atoms with Crippen molar-refractivity contribution in [1.29, 1.82) is 0 Å². The van der Waals surface area contributed by atoms with Crippen LogP contribution in [0, 0.1) is 0 Å². The van der Waals surface area contributed by atoms with E-state index in [1.165, 1.54) is 0 Å². The van der Waals surface area contributed by atoms with Crippen molar-refractivity contribution >= 4 is 5.78 Å². The van der Waals surface area contributed by atoms with Gasteiger partial charge in [0, 0.05) is 24.4 Å². The van der Waals surface area contributed by atoms with Crippen molar-refractivity contribution in [2.24, 2.45) is 0 Å². The number of ketones is 1. The average molecular weight is 219 g/mol. The summed E-state index contributed by atoms with van der Waals surface area (Å²) < 4.78 is 6.91. The fraction of sp³-hybridized carbons (Fsp3) is 0.364. The number of rotatable bonds is 4. The van der Waals surface area contributed by atoms with Gasteiger partial charge >= 0.3 is 0 Å². The molecule has 2 heterocycles. The van der Waals surface area contributed by atoms with Gasteiger partial charge in [0.2, 0.25) is 5.89 Å². The number of aromatic nitrogens is 3. The summed E-state index contributed by atoms with van der Waals surface area (Å²) in [5, 5.41) is 3.81. The highest BCUT2D eigenvalue weighted by molar-refractivity contribution is 5.93. The van der Waals surface area contributed by atoms with E-state index in [0.29, 0.717) is 23.8 Å². The number of hydrogen-bond donors (Lipinski definition) is 0. The molecule has 0 saturated heterocycles. The third-order valence-corrected chi connectivity index (χ3v) is 2.30. The maximum atomic E-state index is 11.1. The predicted molar refractivity (Wildman–Crippen MR) is 57.2 cm³/mol. The average Bonchev–Trinajstić information content (AvgIpc) is 2.87. The van der Waals surface area contributed by atoms with Gasteiger partial charge < -0.3 is 9.09 Å². The van der Waals surface area contributed by atoms with Crippen LogP contribution in [0.1, 0.15) is 35.9 Å². The number of hydrogen-bond acceptors (Lipinski definition) is 4. The van der Waals surface area contributed by atoms with Gasteiger partial charge in [0.05, 0.1) is 0 Å². The first-order valence-electron chi connectivity index (χ1n) is 5.17. The van der Waals surface area contributed by atoms with Crippen molar-refractivity contribution in [2.75, 3.05) is 0 Å². The first-order valence-corrected chi connectivity index (χ1v) is 5.17. The molecule has 0 atom stereocenters. The molecule has 0 bridgehead atoms. The Balaban J connectivity index is 2.11. The summed E-state index contributed by atoms with van der Waals surface area (Å²) >= 11 is 0. The molecular weight excluding hydrogens is 206 g/mol. The molecule has 0 unspecified atom stereocenters. The van der Waals surface area contributed by atoms with Crippen molar-refractivity contribution in [3.8, 4) is 0 Å². The topological polar surface area (TPSA) is 60.9 Å². The molecular formula is C11H13N3O2. The number of nitrogens with zero attached hydrogens (tertiary/aromatic N) is 3. The van der Waals surface area contributed by atoms with Crippen molar-refractivity contribution in [3.63, 3.8) is 0 Å². The largest absolute Gasteiger partial charge is 0.344 e. The van der Waals surface area contributed by atoms with Gasteiger partial charge in [-0.2, -0.15) is 4.98 Å². The Morgan fingerprint density at radius 3 is 2.94 bits per heavy atom. The lowest BCUT2D eigenvalue weighted by molar-refractivity contribution is 0.101. The predicted octanol–water partition coefficient (Wildman–Crippen LogP) is 1.68. The van der Waals surface area contributed by atoms with E-state index in [2.05, 4.69) is 10.1 Å². The van der Waals surface area contributed by atoms with Crippen LogP contribution in [0.5, 0.6) is 0 Å². The van der Waals surface area contributed by atoms with Crippen molar-refractivity contribution < 1.29 is 9.32 Å². The normalized spacial score (nSPS) is 10.6. The van der Waals surface area contributed by atoms with E-state index >= 15 is 0 Å². The molecule has 5 heteroatoms. The van der Waals surface area contributed by atoms with Crippen molar-refractivity contribution in [2.45, 2.75) is 26.8 Å². The van der Waals surface area contributed by atoms with Gasteiger partial charge in [-0.3, -0.25) is 4.79 Å². The molecule has 0 saturated carbocycles. The molecule has 0 aliphatic rings. The van der Waals surface area contributed by atoms with E-state index in [1.54, 1.807) is 19.2 Å². The van der Waals surface area contributed by atoms with E-state index in [-0.39, 0.29) is 5.78 Å². The van der Waals surface area contributed by atoms with Gasteiger partial charge in [-0.05, 0) is 13.0 Å². The molecule has 0 fully saturated rings. The molecule has 16 heavy (non-hydrogen) atoms. The lowest BCUT2D eigenvalue weighted by atomic mass is 10.2. The maximum absolute atomic E-state index is 11.1. The Bertz CT molecular complexity index is 499. The minimum Gasteiger partial charge on any atom is -0.344 e. The molecule has 2 rings (SSSR count). The highest BCUT2D eigenvalue weighted by Gasteiger charge is 2.06. The van der Waals surface area contributed by atoms with Crippen LogP contribution in [0.2, 0.25) is 0 Å². The maximum Gasteiger partial charge on any atom is 0.246 e. The molecule has 2 aromatic heterocycles. The summed E-state index contributed by atoms with van der Waals surface area (Å²) in [6, 6.07) is 1.78. The van der Waals surface area contributed by atoms with E-state index in [1.807, 2.05) is 17.7 Å². The third kappa shape index (κ3) is 2.18. The molecule has 84 valence electrons. The molecule has 0 aromatic carbocycles. The number of Topliss-reactive ketones (excluding diaryl/α,β-unsaturated/α-hetero) is 1. The second-order valence-electron chi connectivity index (χ2n) is 3.59. The summed E-state index contributed by atoms with van der Waals surface area (Å²) in [7, 11) is 0. The van der Waals surface area contributed by atoms with Crippen LogP contribution in [0.3, 0.4) is 0 Å². The molecule has 0 radical (unpaired) electrons. The van der Waals surface area contributed by atoms with Crippen LogP contribution >= 0.6 is 0 Å². The lowest BCUT2D eigenvalue weighted by Gasteiger charge is -1.95. The quantitative estimate of drug-likeness (QED) is 0.734. The van der Waals surface area contributed by atoms with Gasteiger partial charge in [0.25, 0.3) is 0 Å². The SMILES string of the molecule is CCc1noc(Cn2ccc(C(C)=O)c2)n1. The van der Waals surface area contributed by atoms with Gasteiger partial charge in [-0.15, -0.1) is 0 Å². The Kier molecular flexibility index (Phi) is 2.85. The summed E-state index contributed by atoms with van der Waals surface area (Å²) in [6.07, 6.45) is 4.36. The van der Waals surface area contributed by atoms with E-state index in [0.717, 1.165) is 6.42 Å². The zero-order valence-corrected chi connectivity index (χ0v) is 9.30. The Morgan fingerprint density at radius 1 is 1.56 bits per heavy atom. The van der Waals surface area contributed by atoms with Crippen LogP contribution in [0.4, 0.5) is 0 Å². The van der Waals surface area contributed by atoms with Crippen molar-refractivity contribution in [3.05, 3.63) is 35.7 Å². The molecule has 0 amide bonds. The smallest absolute Gasteiger partial charge is 0.246 e. The zero-order valence-electron chi connectivity index (χ0n) is 9.30. The van der Waals surface area contributed by atoms with Crippen molar-refractivity contribution in [1.82, 2.24) is 14.7 Å². The minimum absolute atomic E-state index is 0.0542. The molecule has 0 N–H and O–H groups in total. The van der Waals surface area contributed by atoms with Gasteiger partial charge in [-0.1, -0.05) is 12.1 Å². The minimum atomic E-state index is 0.0542. The summed E-state index contributed by atoms with van der Waals surface area (Å²) in [5.74, 6) is 1.31. The third-order valence-electron chi connectivity index (χ3n) is 2.30. The van der Waals surface area contributed by atoms with Gasteiger partial charge in [-0.25, -0.2) is 0 Å². The second-order valence-corrected chi connectivity index (χ2v) is 3.59. The van der Waals surface area contributed by atoms with Crippen LogP contribution in [0.25, 0.3) is 0 Å². The number of carbonyl (C=O) groups is 1. The van der Waals surface area contributed by atoms with Gasteiger partial charge in [0.15, 0.2) is 11.6 Å². The van der Waals surface area contributed by atoms with Gasteiger partial charge in [0.1, 0.15) is 6.54 Å².